The number of para-hydroxylation sites is 2. The van der Waals surface area contributed by atoms with Crippen LogP contribution in [-0.4, -0.2) is 9.97 Å². The molecule has 10 aromatic rings. The topological polar surface area (TPSA) is 29.0 Å². The number of fused-ring (bicyclic) bond motifs is 12. The summed E-state index contributed by atoms with van der Waals surface area (Å²) >= 11 is 1.86. The van der Waals surface area contributed by atoms with Crippen LogP contribution in [0, 0.1) is 0 Å². The molecule has 0 saturated heterocycles. The maximum Gasteiger partial charge on any atom is 0.235 e. The van der Waals surface area contributed by atoms with Gasteiger partial charge in [-0.1, -0.05) is 158 Å². The van der Waals surface area contributed by atoms with E-state index in [1.54, 1.807) is 0 Å². The molecule has 0 unspecified atom stereocenters. The van der Waals surface area contributed by atoms with Crippen LogP contribution in [0.5, 0.6) is 0 Å². The summed E-state index contributed by atoms with van der Waals surface area (Å²) in [4.78, 5) is 13.0. The van der Waals surface area contributed by atoms with Crippen LogP contribution in [0.2, 0.25) is 0 Å². The van der Waals surface area contributed by atoms with E-state index in [1.807, 2.05) is 23.5 Å². The van der Waals surface area contributed by atoms with Gasteiger partial charge in [0, 0.05) is 31.3 Å². The maximum absolute atomic E-state index is 5.37. The molecule has 1 aliphatic heterocycles. The molecule has 0 radical (unpaired) electrons. The summed E-state index contributed by atoms with van der Waals surface area (Å²) < 4.78 is 2.64. The molecule has 2 aromatic heterocycles. The van der Waals surface area contributed by atoms with E-state index in [9.17, 15) is 0 Å². The lowest BCUT2D eigenvalue weighted by atomic mass is 9.64. The monoisotopic (exact) mass is 743 g/mol. The van der Waals surface area contributed by atoms with Crippen LogP contribution < -0.4 is 4.90 Å². The van der Waals surface area contributed by atoms with Gasteiger partial charge in [-0.05, 0) is 87.0 Å². The van der Waals surface area contributed by atoms with Crippen molar-refractivity contribution in [1.29, 1.82) is 0 Å². The van der Waals surface area contributed by atoms with Crippen molar-refractivity contribution < 1.29 is 0 Å². The first-order valence-corrected chi connectivity index (χ1v) is 20.2. The molecular weight excluding hydrogens is 711 g/mol. The highest BCUT2D eigenvalue weighted by atomic mass is 32.1. The number of nitrogens with zero attached hydrogens (tertiary/aromatic N) is 3. The molecule has 8 aromatic carbocycles. The lowest BCUT2D eigenvalue weighted by Gasteiger charge is -2.44. The van der Waals surface area contributed by atoms with Gasteiger partial charge in [0.2, 0.25) is 5.95 Å². The molecule has 57 heavy (non-hydrogen) atoms. The van der Waals surface area contributed by atoms with Gasteiger partial charge in [-0.3, -0.25) is 4.90 Å². The first-order valence-electron chi connectivity index (χ1n) is 19.4. The quantitative estimate of drug-likeness (QED) is 0.180. The average molecular weight is 744 g/mol. The van der Waals surface area contributed by atoms with Crippen molar-refractivity contribution in [2.24, 2.45) is 0 Å². The van der Waals surface area contributed by atoms with Crippen molar-refractivity contribution >= 4 is 48.8 Å². The van der Waals surface area contributed by atoms with E-state index in [0.717, 1.165) is 33.9 Å². The Balaban J connectivity index is 1.11. The standard InChI is InChI=1S/C53H33N3S/c1-3-15-34(16-4-1)46-33-47(35-17-5-2-6-18-35)55-52(54-46)56-48-24-12-10-22-43(48)53(44-23-11-13-25-49(44)56)42-21-9-7-19-38(42)39-29-27-37(32-45(39)53)36-28-30-51-41(31-36)40-20-8-14-26-50(40)57-51/h1-33H. The maximum atomic E-state index is 5.37. The van der Waals surface area contributed by atoms with Crippen molar-refractivity contribution in [3.05, 3.63) is 222 Å². The highest BCUT2D eigenvalue weighted by Crippen LogP contribution is 2.63. The second kappa shape index (κ2) is 12.4. The Morgan fingerprint density at radius 1 is 0.368 bits per heavy atom. The Morgan fingerprint density at radius 3 is 1.60 bits per heavy atom. The zero-order valence-corrected chi connectivity index (χ0v) is 31.6. The van der Waals surface area contributed by atoms with Gasteiger partial charge in [-0.25, -0.2) is 9.97 Å². The van der Waals surface area contributed by atoms with Crippen LogP contribution in [0.1, 0.15) is 22.3 Å². The van der Waals surface area contributed by atoms with Crippen LogP contribution in [0.15, 0.2) is 200 Å². The molecule has 0 atom stereocenters. The molecule has 1 aliphatic carbocycles. The molecule has 0 saturated carbocycles. The number of hydrogen-bond acceptors (Lipinski definition) is 4. The van der Waals surface area contributed by atoms with E-state index in [1.165, 1.54) is 64.7 Å². The zero-order chi connectivity index (χ0) is 37.5. The molecule has 0 amide bonds. The Kier molecular flexibility index (Phi) is 7.01. The number of benzene rings is 8. The molecule has 3 heterocycles. The smallest absolute Gasteiger partial charge is 0.235 e. The Hall–Kier alpha value is -7.14. The van der Waals surface area contributed by atoms with Crippen molar-refractivity contribution in [2.45, 2.75) is 5.41 Å². The van der Waals surface area contributed by atoms with E-state index in [-0.39, 0.29) is 0 Å². The zero-order valence-electron chi connectivity index (χ0n) is 30.8. The van der Waals surface area contributed by atoms with Gasteiger partial charge in [0.05, 0.1) is 28.2 Å². The predicted molar refractivity (Wildman–Crippen MR) is 237 cm³/mol. The largest absolute Gasteiger partial charge is 0.278 e. The van der Waals surface area contributed by atoms with Gasteiger partial charge in [-0.15, -0.1) is 11.3 Å². The molecule has 2 aliphatic rings. The van der Waals surface area contributed by atoms with Crippen LogP contribution in [0.25, 0.3) is 64.9 Å². The fourth-order valence-electron chi connectivity index (χ4n) is 9.45. The molecule has 266 valence electrons. The first-order chi connectivity index (χ1) is 28.3. The molecule has 1 spiro atoms. The molecule has 12 rings (SSSR count). The van der Waals surface area contributed by atoms with Gasteiger partial charge < -0.3 is 0 Å². The first kappa shape index (κ1) is 32.1. The summed E-state index contributed by atoms with van der Waals surface area (Å²) in [5, 5.41) is 2.62. The Morgan fingerprint density at radius 2 is 0.895 bits per heavy atom. The minimum Gasteiger partial charge on any atom is -0.278 e. The third-order valence-electron chi connectivity index (χ3n) is 11.9. The third-order valence-corrected chi connectivity index (χ3v) is 13.1. The summed E-state index contributed by atoms with van der Waals surface area (Å²) in [6.45, 7) is 0. The molecule has 4 heteroatoms. The third kappa shape index (κ3) is 4.71. The number of rotatable bonds is 4. The summed E-state index contributed by atoms with van der Waals surface area (Å²) in [6.07, 6.45) is 0. The minimum atomic E-state index is -0.579. The van der Waals surface area contributed by atoms with Gasteiger partial charge in [0.15, 0.2) is 0 Å². The van der Waals surface area contributed by atoms with Gasteiger partial charge in [0.25, 0.3) is 0 Å². The van der Waals surface area contributed by atoms with Crippen LogP contribution in [0.3, 0.4) is 0 Å². The Labute approximate surface area is 334 Å². The molecular formula is C53H33N3S. The van der Waals surface area contributed by atoms with Crippen LogP contribution in [0.4, 0.5) is 17.3 Å². The number of aromatic nitrogens is 2. The fraction of sp³-hybridized carbons (Fsp3) is 0.0189. The number of anilines is 3. The van der Waals surface area contributed by atoms with Crippen molar-refractivity contribution in [2.75, 3.05) is 4.90 Å². The summed E-state index contributed by atoms with van der Waals surface area (Å²) in [5.41, 5.74) is 15.4. The van der Waals surface area contributed by atoms with E-state index >= 15 is 0 Å². The van der Waals surface area contributed by atoms with Crippen LogP contribution >= 0.6 is 11.3 Å². The molecule has 3 nitrogen and oxygen atoms in total. The second-order valence-corrected chi connectivity index (χ2v) is 16.0. The predicted octanol–water partition coefficient (Wildman–Crippen LogP) is 14.0. The van der Waals surface area contributed by atoms with E-state index in [4.69, 9.17) is 9.97 Å². The fourth-order valence-corrected chi connectivity index (χ4v) is 10.5. The van der Waals surface area contributed by atoms with E-state index in [0.29, 0.717) is 5.95 Å². The van der Waals surface area contributed by atoms with E-state index in [2.05, 4.69) is 193 Å². The van der Waals surface area contributed by atoms with Gasteiger partial charge in [-0.2, -0.15) is 0 Å². The van der Waals surface area contributed by atoms with Gasteiger partial charge in [0.1, 0.15) is 0 Å². The lowest BCUT2D eigenvalue weighted by Crippen LogP contribution is -2.36. The lowest BCUT2D eigenvalue weighted by molar-refractivity contribution is 0.750. The highest BCUT2D eigenvalue weighted by Gasteiger charge is 2.52. The van der Waals surface area contributed by atoms with E-state index < -0.39 is 5.41 Å². The average Bonchev–Trinajstić information content (AvgIpc) is 3.80. The second-order valence-electron chi connectivity index (χ2n) is 14.9. The highest BCUT2D eigenvalue weighted by molar-refractivity contribution is 7.25. The van der Waals surface area contributed by atoms with Crippen molar-refractivity contribution in [3.63, 3.8) is 0 Å². The van der Waals surface area contributed by atoms with Crippen LogP contribution in [-0.2, 0) is 5.41 Å². The normalized spacial score (nSPS) is 13.4. The minimum absolute atomic E-state index is 0.579. The number of hydrogen-bond donors (Lipinski definition) is 0. The summed E-state index contributed by atoms with van der Waals surface area (Å²) in [6, 6.07) is 72.6. The number of thiophene rings is 1. The molecule has 0 fully saturated rings. The summed E-state index contributed by atoms with van der Waals surface area (Å²) in [7, 11) is 0. The van der Waals surface area contributed by atoms with Crippen molar-refractivity contribution in [1.82, 2.24) is 9.97 Å². The molecule has 0 bridgehead atoms. The van der Waals surface area contributed by atoms with Gasteiger partial charge >= 0.3 is 0 Å². The molecule has 0 N–H and O–H groups in total. The van der Waals surface area contributed by atoms with Crippen molar-refractivity contribution in [3.8, 4) is 44.8 Å². The Bertz CT molecular complexity index is 3100. The summed E-state index contributed by atoms with van der Waals surface area (Å²) in [5.74, 6) is 0.640. The SMILES string of the molecule is c1ccc(-c2cc(-c3ccccc3)nc(N3c4ccccc4C4(c5ccccc5-c5ccc(-c6ccc7sc8ccccc8c7c6)cc54)c4ccccc43)n2)cc1.